The maximum Gasteiger partial charge on any atom is 0.181 e. The van der Waals surface area contributed by atoms with E-state index in [1.165, 1.54) is 18.3 Å². The number of hydrogen-bond acceptors (Lipinski definition) is 5. The fourth-order valence-corrected chi connectivity index (χ4v) is 3.21. The maximum atomic E-state index is 11.9. The van der Waals surface area contributed by atoms with Crippen LogP contribution in [0.3, 0.4) is 0 Å². The number of nitriles is 2. The Bertz CT molecular complexity index is 671. The zero-order valence-corrected chi connectivity index (χ0v) is 10.8. The largest absolute Gasteiger partial charge is 0.360 e. The fraction of sp³-hybridized carbons (Fsp3) is 0.231. The number of sulfone groups is 1. The first-order chi connectivity index (χ1) is 9.07. The van der Waals surface area contributed by atoms with Gasteiger partial charge in [-0.1, -0.05) is 0 Å². The first-order valence-electron chi connectivity index (χ1n) is 5.69. The third kappa shape index (κ3) is 2.93. The Morgan fingerprint density at radius 2 is 1.79 bits per heavy atom. The molecule has 0 bridgehead atoms. The molecule has 1 aromatic rings. The Morgan fingerprint density at radius 3 is 2.26 bits per heavy atom. The SMILES string of the molecule is N#CC(C#N)=CNc1ccc(S(=O)(=O)C2CC2)cc1. The lowest BCUT2D eigenvalue weighted by molar-refractivity contribution is 0.595. The standard InChI is InChI=1S/C13H11N3O2S/c14-7-10(8-15)9-16-11-1-3-12(4-2-11)19(17,18)13-5-6-13/h1-4,9,13,16H,5-6H2. The Kier molecular flexibility index (Phi) is 3.55. The minimum atomic E-state index is -3.17. The fourth-order valence-electron chi connectivity index (χ4n) is 1.56. The van der Waals surface area contributed by atoms with Gasteiger partial charge in [-0.15, -0.1) is 0 Å². The van der Waals surface area contributed by atoms with E-state index >= 15 is 0 Å². The lowest BCUT2D eigenvalue weighted by Gasteiger charge is -2.04. The van der Waals surface area contributed by atoms with Gasteiger partial charge in [-0.3, -0.25) is 0 Å². The molecule has 0 amide bonds. The Labute approximate surface area is 111 Å². The van der Waals surface area contributed by atoms with Gasteiger partial charge in [0, 0.05) is 11.9 Å². The van der Waals surface area contributed by atoms with Crippen molar-refractivity contribution < 1.29 is 8.42 Å². The van der Waals surface area contributed by atoms with E-state index in [0.29, 0.717) is 10.6 Å². The van der Waals surface area contributed by atoms with Crippen molar-refractivity contribution in [1.29, 1.82) is 10.5 Å². The highest BCUT2D eigenvalue weighted by atomic mass is 32.2. The molecule has 96 valence electrons. The summed E-state index contributed by atoms with van der Waals surface area (Å²) in [6, 6.07) is 9.72. The summed E-state index contributed by atoms with van der Waals surface area (Å²) in [6.07, 6.45) is 2.75. The number of hydrogen-bond donors (Lipinski definition) is 1. The van der Waals surface area contributed by atoms with Crippen molar-refractivity contribution in [3.8, 4) is 12.1 Å². The number of nitrogens with zero attached hydrogens (tertiary/aromatic N) is 2. The number of anilines is 1. The molecule has 0 unspecified atom stereocenters. The minimum Gasteiger partial charge on any atom is -0.360 e. The average molecular weight is 273 g/mol. The van der Waals surface area contributed by atoms with Crippen LogP contribution in [0.2, 0.25) is 0 Å². The first-order valence-corrected chi connectivity index (χ1v) is 7.23. The third-order valence-electron chi connectivity index (χ3n) is 2.77. The summed E-state index contributed by atoms with van der Waals surface area (Å²) in [5.74, 6) is 0. The monoisotopic (exact) mass is 273 g/mol. The van der Waals surface area contributed by atoms with Crippen LogP contribution in [0.5, 0.6) is 0 Å². The van der Waals surface area contributed by atoms with Crippen LogP contribution in [0, 0.1) is 22.7 Å². The lowest BCUT2D eigenvalue weighted by atomic mass is 10.3. The molecule has 1 saturated carbocycles. The Morgan fingerprint density at radius 1 is 1.21 bits per heavy atom. The molecular weight excluding hydrogens is 262 g/mol. The van der Waals surface area contributed by atoms with Crippen molar-refractivity contribution in [2.45, 2.75) is 23.0 Å². The normalized spacial score (nSPS) is 14.0. The molecular formula is C13H11N3O2S. The number of rotatable bonds is 4. The van der Waals surface area contributed by atoms with Crippen LogP contribution in [-0.2, 0) is 9.84 Å². The van der Waals surface area contributed by atoms with Crippen LogP contribution in [0.4, 0.5) is 5.69 Å². The predicted molar refractivity (Wildman–Crippen MR) is 69.6 cm³/mol. The Balaban J connectivity index is 2.14. The van der Waals surface area contributed by atoms with Crippen LogP contribution in [-0.4, -0.2) is 13.7 Å². The number of nitrogens with one attached hydrogen (secondary N) is 1. The van der Waals surface area contributed by atoms with E-state index in [1.807, 2.05) is 0 Å². The molecule has 1 aliphatic carbocycles. The molecule has 0 aromatic heterocycles. The molecule has 6 heteroatoms. The number of allylic oxidation sites excluding steroid dienone is 1. The molecule has 19 heavy (non-hydrogen) atoms. The lowest BCUT2D eigenvalue weighted by Crippen LogP contribution is -2.06. The molecule has 0 aliphatic heterocycles. The van der Waals surface area contributed by atoms with Crippen LogP contribution in [0.25, 0.3) is 0 Å². The highest BCUT2D eigenvalue weighted by Gasteiger charge is 2.36. The zero-order valence-electron chi connectivity index (χ0n) is 10.00. The van der Waals surface area contributed by atoms with Gasteiger partial charge < -0.3 is 5.32 Å². The molecule has 0 atom stereocenters. The molecule has 2 rings (SSSR count). The van der Waals surface area contributed by atoms with E-state index in [-0.39, 0.29) is 10.8 Å². The van der Waals surface area contributed by atoms with Gasteiger partial charge in [-0.25, -0.2) is 8.42 Å². The van der Waals surface area contributed by atoms with Crippen molar-refractivity contribution in [3.05, 3.63) is 36.0 Å². The highest BCUT2D eigenvalue weighted by Crippen LogP contribution is 2.33. The van der Waals surface area contributed by atoms with Crippen LogP contribution < -0.4 is 5.32 Å². The van der Waals surface area contributed by atoms with Gasteiger partial charge in [0.1, 0.15) is 17.7 Å². The molecule has 1 aliphatic rings. The molecule has 0 saturated heterocycles. The van der Waals surface area contributed by atoms with Gasteiger partial charge in [0.05, 0.1) is 10.1 Å². The zero-order chi connectivity index (χ0) is 13.9. The maximum absolute atomic E-state index is 11.9. The molecule has 1 fully saturated rings. The summed E-state index contributed by atoms with van der Waals surface area (Å²) in [6.45, 7) is 0. The first kappa shape index (κ1) is 13.1. The average Bonchev–Trinajstić information content (AvgIpc) is 3.25. The highest BCUT2D eigenvalue weighted by molar-refractivity contribution is 7.92. The van der Waals surface area contributed by atoms with E-state index < -0.39 is 9.84 Å². The summed E-state index contributed by atoms with van der Waals surface area (Å²) in [5, 5.41) is 19.7. The van der Waals surface area contributed by atoms with E-state index in [2.05, 4.69) is 5.32 Å². The van der Waals surface area contributed by atoms with Crippen molar-refractivity contribution in [2.75, 3.05) is 5.32 Å². The number of benzene rings is 1. The van der Waals surface area contributed by atoms with Gasteiger partial charge in [-0.2, -0.15) is 10.5 Å². The van der Waals surface area contributed by atoms with Crippen molar-refractivity contribution in [1.82, 2.24) is 0 Å². The smallest absolute Gasteiger partial charge is 0.181 e. The molecule has 1 N–H and O–H groups in total. The second-order valence-corrected chi connectivity index (χ2v) is 6.42. The van der Waals surface area contributed by atoms with Gasteiger partial charge in [-0.05, 0) is 37.1 Å². The van der Waals surface area contributed by atoms with Crippen LogP contribution in [0.1, 0.15) is 12.8 Å². The van der Waals surface area contributed by atoms with Crippen LogP contribution in [0.15, 0.2) is 40.9 Å². The molecule has 0 spiro atoms. The summed E-state index contributed by atoms with van der Waals surface area (Å²) >= 11 is 0. The van der Waals surface area contributed by atoms with E-state index in [4.69, 9.17) is 10.5 Å². The Hall–Kier alpha value is -2.31. The van der Waals surface area contributed by atoms with Crippen LogP contribution >= 0.6 is 0 Å². The molecule has 5 nitrogen and oxygen atoms in total. The van der Waals surface area contributed by atoms with Crippen molar-refractivity contribution in [2.24, 2.45) is 0 Å². The van der Waals surface area contributed by atoms with E-state index in [0.717, 1.165) is 12.8 Å². The predicted octanol–water partition coefficient (Wildman–Crippen LogP) is 1.97. The summed E-state index contributed by atoms with van der Waals surface area (Å²) < 4.78 is 23.9. The van der Waals surface area contributed by atoms with E-state index in [9.17, 15) is 8.42 Å². The van der Waals surface area contributed by atoms with Gasteiger partial charge in [0.15, 0.2) is 9.84 Å². The summed E-state index contributed by atoms with van der Waals surface area (Å²) in [5.41, 5.74) is 0.576. The second-order valence-electron chi connectivity index (χ2n) is 4.19. The molecule has 0 radical (unpaired) electrons. The quantitative estimate of drug-likeness (QED) is 0.846. The van der Waals surface area contributed by atoms with Gasteiger partial charge in [0.25, 0.3) is 0 Å². The third-order valence-corrected chi connectivity index (χ3v) is 5.05. The molecule has 0 heterocycles. The molecule has 1 aromatic carbocycles. The van der Waals surface area contributed by atoms with Gasteiger partial charge in [0.2, 0.25) is 0 Å². The van der Waals surface area contributed by atoms with Crippen molar-refractivity contribution >= 4 is 15.5 Å². The van der Waals surface area contributed by atoms with Crippen molar-refractivity contribution in [3.63, 3.8) is 0 Å². The summed E-state index contributed by atoms with van der Waals surface area (Å²) in [4.78, 5) is 0.310. The summed E-state index contributed by atoms with van der Waals surface area (Å²) in [7, 11) is -3.17. The topological polar surface area (TPSA) is 93.8 Å². The van der Waals surface area contributed by atoms with Gasteiger partial charge >= 0.3 is 0 Å². The van der Waals surface area contributed by atoms with E-state index in [1.54, 1.807) is 24.3 Å². The minimum absolute atomic E-state index is 0.0466. The second kappa shape index (κ2) is 5.13.